The molecule has 1 aromatic rings. The quantitative estimate of drug-likeness (QED) is 0.832. The molecule has 0 heterocycles. The van der Waals surface area contributed by atoms with Gasteiger partial charge in [-0.1, -0.05) is 13.8 Å². The van der Waals surface area contributed by atoms with Gasteiger partial charge < -0.3 is 9.84 Å². The summed E-state index contributed by atoms with van der Waals surface area (Å²) in [6, 6.07) is 2.77. The lowest BCUT2D eigenvalue weighted by molar-refractivity contribution is -0.268. The predicted octanol–water partition coefficient (Wildman–Crippen LogP) is 3.77. The van der Waals surface area contributed by atoms with E-state index >= 15 is 0 Å². The number of aliphatic hydroxyl groups is 1. The molecule has 1 aromatic carbocycles. The van der Waals surface area contributed by atoms with E-state index in [1.54, 1.807) is 6.92 Å². The fourth-order valence-corrected chi connectivity index (χ4v) is 1.71. The van der Waals surface area contributed by atoms with Gasteiger partial charge in [0.2, 0.25) is 0 Å². The van der Waals surface area contributed by atoms with Crippen LogP contribution < -0.4 is 4.74 Å². The van der Waals surface area contributed by atoms with Crippen LogP contribution in [0.15, 0.2) is 18.2 Å². The third-order valence-corrected chi connectivity index (χ3v) is 2.83. The maximum absolute atomic E-state index is 13.2. The Labute approximate surface area is 109 Å². The first-order valence-corrected chi connectivity index (χ1v) is 5.98. The van der Waals surface area contributed by atoms with Crippen molar-refractivity contribution in [3.8, 4) is 5.75 Å². The smallest absolute Gasteiger partial charge is 0.421 e. The van der Waals surface area contributed by atoms with E-state index in [4.69, 9.17) is 4.74 Å². The van der Waals surface area contributed by atoms with Crippen molar-refractivity contribution >= 4 is 0 Å². The van der Waals surface area contributed by atoms with Gasteiger partial charge in [0.1, 0.15) is 11.6 Å². The molecular formula is C13H16F4O2. The molecule has 1 N–H and O–H groups in total. The first-order chi connectivity index (χ1) is 8.76. The lowest BCUT2D eigenvalue weighted by Gasteiger charge is -2.31. The fourth-order valence-electron chi connectivity index (χ4n) is 1.71. The zero-order valence-corrected chi connectivity index (χ0v) is 10.7. The van der Waals surface area contributed by atoms with Gasteiger partial charge in [0.15, 0.2) is 5.60 Å². The second kappa shape index (κ2) is 5.77. The average molecular weight is 280 g/mol. The zero-order valence-electron chi connectivity index (χ0n) is 10.7. The minimum absolute atomic E-state index is 0.148. The topological polar surface area (TPSA) is 29.5 Å². The summed E-state index contributed by atoms with van der Waals surface area (Å²) in [5, 5.41) is 9.86. The molecule has 0 radical (unpaired) electrons. The summed E-state index contributed by atoms with van der Waals surface area (Å²) in [5.74, 6) is -1.00. The molecule has 19 heavy (non-hydrogen) atoms. The molecule has 0 bridgehead atoms. The van der Waals surface area contributed by atoms with E-state index in [1.807, 2.05) is 0 Å². The largest absolute Gasteiger partial charge is 0.493 e. The molecule has 2 nitrogen and oxygen atoms in total. The standard InChI is InChI=1S/C13H16F4O2/c1-3-7-19-11-6-5-9(14)8-10(11)12(18,4-2)13(15,16)17/h5-6,8,18H,3-4,7H2,1-2H3. The molecule has 0 aliphatic carbocycles. The van der Waals surface area contributed by atoms with E-state index in [9.17, 15) is 22.7 Å². The van der Waals surface area contributed by atoms with E-state index in [1.165, 1.54) is 6.92 Å². The summed E-state index contributed by atoms with van der Waals surface area (Å²) in [6.45, 7) is 3.16. The maximum atomic E-state index is 13.2. The molecule has 108 valence electrons. The van der Waals surface area contributed by atoms with Crippen molar-refractivity contribution < 1.29 is 27.4 Å². The number of alkyl halides is 3. The van der Waals surface area contributed by atoms with Gasteiger partial charge in [0.05, 0.1) is 6.61 Å². The Morgan fingerprint density at radius 2 is 1.84 bits per heavy atom. The third-order valence-electron chi connectivity index (χ3n) is 2.83. The number of benzene rings is 1. The van der Waals surface area contributed by atoms with Crippen LogP contribution in [0.5, 0.6) is 5.75 Å². The van der Waals surface area contributed by atoms with Crippen molar-refractivity contribution in [1.29, 1.82) is 0 Å². The van der Waals surface area contributed by atoms with Gasteiger partial charge in [-0.3, -0.25) is 0 Å². The van der Waals surface area contributed by atoms with Gasteiger partial charge in [0.25, 0.3) is 0 Å². The Kier molecular flexibility index (Phi) is 4.79. The van der Waals surface area contributed by atoms with Crippen molar-refractivity contribution in [2.45, 2.75) is 38.5 Å². The fraction of sp³-hybridized carbons (Fsp3) is 0.538. The van der Waals surface area contributed by atoms with Crippen molar-refractivity contribution in [1.82, 2.24) is 0 Å². The molecule has 1 atom stereocenters. The van der Waals surface area contributed by atoms with Crippen molar-refractivity contribution in [2.24, 2.45) is 0 Å². The van der Waals surface area contributed by atoms with E-state index in [0.717, 1.165) is 12.1 Å². The van der Waals surface area contributed by atoms with Gasteiger partial charge >= 0.3 is 6.18 Å². The molecular weight excluding hydrogens is 264 g/mol. The van der Waals surface area contributed by atoms with Gasteiger partial charge in [-0.25, -0.2) is 4.39 Å². The Bertz CT molecular complexity index is 431. The maximum Gasteiger partial charge on any atom is 0.421 e. The van der Waals surface area contributed by atoms with Crippen LogP contribution in [0, 0.1) is 5.82 Å². The van der Waals surface area contributed by atoms with E-state index < -0.39 is 29.6 Å². The predicted molar refractivity (Wildman–Crippen MR) is 62.4 cm³/mol. The summed E-state index contributed by atoms with van der Waals surface area (Å²) in [6.07, 6.45) is -4.93. The first kappa shape index (κ1) is 15.8. The minimum Gasteiger partial charge on any atom is -0.493 e. The number of hydrogen-bond donors (Lipinski definition) is 1. The summed E-state index contributed by atoms with van der Waals surface area (Å²) < 4.78 is 57.3. The summed E-state index contributed by atoms with van der Waals surface area (Å²) in [5.41, 5.74) is -3.70. The third kappa shape index (κ3) is 3.18. The molecule has 0 fully saturated rings. The van der Waals surface area contributed by atoms with Gasteiger partial charge in [-0.15, -0.1) is 0 Å². The lowest BCUT2D eigenvalue weighted by Crippen LogP contribution is -2.42. The second-order valence-electron chi connectivity index (χ2n) is 4.20. The number of ether oxygens (including phenoxy) is 1. The summed E-state index contributed by atoms with van der Waals surface area (Å²) in [4.78, 5) is 0. The van der Waals surface area contributed by atoms with Crippen LogP contribution in [0.25, 0.3) is 0 Å². The van der Waals surface area contributed by atoms with Crippen LogP contribution in [0.4, 0.5) is 17.6 Å². The average Bonchev–Trinajstić information content (AvgIpc) is 2.35. The van der Waals surface area contributed by atoms with E-state index in [2.05, 4.69) is 0 Å². The van der Waals surface area contributed by atoms with Crippen LogP contribution in [0.3, 0.4) is 0 Å². The Hall–Kier alpha value is -1.30. The molecule has 6 heteroatoms. The Morgan fingerprint density at radius 1 is 1.21 bits per heavy atom. The highest BCUT2D eigenvalue weighted by atomic mass is 19.4. The van der Waals surface area contributed by atoms with E-state index in [0.29, 0.717) is 12.5 Å². The van der Waals surface area contributed by atoms with Crippen LogP contribution in [0.2, 0.25) is 0 Å². The molecule has 0 amide bonds. The van der Waals surface area contributed by atoms with Crippen molar-refractivity contribution in [3.05, 3.63) is 29.6 Å². The molecule has 0 saturated carbocycles. The summed E-state index contributed by atoms with van der Waals surface area (Å²) >= 11 is 0. The number of rotatable bonds is 5. The van der Waals surface area contributed by atoms with Crippen molar-refractivity contribution in [3.63, 3.8) is 0 Å². The first-order valence-electron chi connectivity index (χ1n) is 5.98. The van der Waals surface area contributed by atoms with Gasteiger partial charge in [-0.05, 0) is 31.0 Å². The van der Waals surface area contributed by atoms with Crippen LogP contribution in [-0.4, -0.2) is 17.9 Å². The van der Waals surface area contributed by atoms with Crippen LogP contribution in [-0.2, 0) is 5.60 Å². The molecule has 1 rings (SSSR count). The van der Waals surface area contributed by atoms with Crippen molar-refractivity contribution in [2.75, 3.05) is 6.61 Å². The van der Waals surface area contributed by atoms with Crippen LogP contribution >= 0.6 is 0 Å². The highest BCUT2D eigenvalue weighted by molar-refractivity contribution is 5.39. The molecule has 0 aliphatic rings. The number of halogens is 4. The molecule has 0 spiro atoms. The summed E-state index contributed by atoms with van der Waals surface area (Å²) in [7, 11) is 0. The molecule has 0 aromatic heterocycles. The highest BCUT2D eigenvalue weighted by Gasteiger charge is 2.55. The lowest BCUT2D eigenvalue weighted by atomic mass is 9.89. The highest BCUT2D eigenvalue weighted by Crippen LogP contribution is 2.45. The van der Waals surface area contributed by atoms with Crippen LogP contribution in [0.1, 0.15) is 32.3 Å². The monoisotopic (exact) mass is 280 g/mol. The van der Waals surface area contributed by atoms with Gasteiger partial charge in [0, 0.05) is 5.56 Å². The van der Waals surface area contributed by atoms with Gasteiger partial charge in [-0.2, -0.15) is 13.2 Å². The molecule has 0 saturated heterocycles. The SMILES string of the molecule is CCCOc1ccc(F)cc1C(O)(CC)C(F)(F)F. The molecule has 1 unspecified atom stereocenters. The minimum atomic E-state index is -4.90. The Morgan fingerprint density at radius 3 is 2.32 bits per heavy atom. The zero-order chi connectivity index (χ0) is 14.7. The normalized spacial score (nSPS) is 15.1. The second-order valence-corrected chi connectivity index (χ2v) is 4.20. The number of hydrogen-bond acceptors (Lipinski definition) is 2. The Balaban J connectivity index is 3.33. The molecule has 0 aliphatic heterocycles. The van der Waals surface area contributed by atoms with E-state index in [-0.39, 0.29) is 12.4 Å².